The number of benzene rings is 2. The van der Waals surface area contributed by atoms with Gasteiger partial charge in [0.05, 0.1) is 18.8 Å². The Kier molecular flexibility index (Phi) is 4.15. The fourth-order valence-corrected chi connectivity index (χ4v) is 3.81. The van der Waals surface area contributed by atoms with Crippen LogP contribution in [0.1, 0.15) is 23.6 Å². The molecule has 0 spiro atoms. The zero-order valence-corrected chi connectivity index (χ0v) is 13.9. The highest BCUT2D eigenvalue weighted by atomic mass is 19.1. The first-order valence-corrected chi connectivity index (χ1v) is 8.40. The summed E-state index contributed by atoms with van der Waals surface area (Å²) < 4.78 is 19.1. The van der Waals surface area contributed by atoms with Crippen LogP contribution in [0.4, 0.5) is 10.1 Å². The van der Waals surface area contributed by atoms with Gasteiger partial charge in [-0.1, -0.05) is 18.2 Å². The lowest BCUT2D eigenvalue weighted by atomic mass is 9.77. The summed E-state index contributed by atoms with van der Waals surface area (Å²) in [7, 11) is 1.66. The molecule has 2 aliphatic rings. The van der Waals surface area contributed by atoms with Crippen LogP contribution >= 0.6 is 0 Å². The minimum atomic E-state index is -0.431. The average molecular weight is 341 g/mol. The number of hydrogen-bond donors (Lipinski definition) is 3. The van der Waals surface area contributed by atoms with Crippen LogP contribution in [0.15, 0.2) is 42.5 Å². The van der Waals surface area contributed by atoms with Crippen molar-refractivity contribution in [3.63, 3.8) is 0 Å². The van der Waals surface area contributed by atoms with Crippen molar-refractivity contribution in [1.29, 1.82) is 0 Å². The van der Waals surface area contributed by atoms with Gasteiger partial charge in [-0.05, 0) is 48.2 Å². The molecule has 1 saturated heterocycles. The van der Waals surface area contributed by atoms with Crippen molar-refractivity contribution in [2.75, 3.05) is 12.4 Å². The molecule has 2 aromatic carbocycles. The topological polar surface area (TPSA) is 62.4 Å². The number of hydrazine groups is 1. The number of fused-ring (bicyclic) bond motifs is 3. The monoisotopic (exact) mass is 341 g/mol. The van der Waals surface area contributed by atoms with E-state index >= 15 is 0 Å². The zero-order chi connectivity index (χ0) is 17.4. The molecule has 1 fully saturated rings. The standard InChI is InChI=1S/C19H20FN3O2/c1-25-12-7-9-13-11(10-12)6-8-14-17(13)22-23-18(14)19(24)21-16-5-3-2-4-15(16)20/h2-5,7,9-10,14,17-18,22-23H,6,8H2,1H3,(H,21,24). The van der Waals surface area contributed by atoms with Gasteiger partial charge in [-0.15, -0.1) is 0 Å². The van der Waals surface area contributed by atoms with Crippen LogP contribution < -0.4 is 20.9 Å². The molecular formula is C19H20FN3O2. The number of anilines is 1. The van der Waals surface area contributed by atoms with E-state index < -0.39 is 11.9 Å². The summed E-state index contributed by atoms with van der Waals surface area (Å²) in [6, 6.07) is 11.9. The number of hydrogen-bond acceptors (Lipinski definition) is 4. The third-order valence-corrected chi connectivity index (χ3v) is 5.10. The molecule has 1 heterocycles. The number of aryl methyl sites for hydroxylation is 1. The van der Waals surface area contributed by atoms with Crippen LogP contribution in [-0.4, -0.2) is 19.1 Å². The summed E-state index contributed by atoms with van der Waals surface area (Å²) in [5, 5.41) is 2.69. The van der Waals surface area contributed by atoms with Crippen molar-refractivity contribution in [1.82, 2.24) is 10.9 Å². The van der Waals surface area contributed by atoms with E-state index in [2.05, 4.69) is 28.3 Å². The number of carbonyl (C=O) groups excluding carboxylic acids is 1. The van der Waals surface area contributed by atoms with Gasteiger partial charge in [0, 0.05) is 5.92 Å². The maximum atomic E-state index is 13.8. The highest BCUT2D eigenvalue weighted by molar-refractivity contribution is 5.95. The van der Waals surface area contributed by atoms with E-state index in [-0.39, 0.29) is 23.6 Å². The van der Waals surface area contributed by atoms with Gasteiger partial charge >= 0.3 is 0 Å². The predicted molar refractivity (Wildman–Crippen MR) is 92.6 cm³/mol. The Balaban J connectivity index is 1.53. The number of rotatable bonds is 3. The molecule has 0 aromatic heterocycles. The van der Waals surface area contributed by atoms with Gasteiger partial charge in [0.2, 0.25) is 5.91 Å². The normalized spacial score (nSPS) is 24.3. The van der Waals surface area contributed by atoms with Gasteiger partial charge in [0.1, 0.15) is 17.6 Å². The molecule has 130 valence electrons. The van der Waals surface area contributed by atoms with Gasteiger partial charge < -0.3 is 10.1 Å². The van der Waals surface area contributed by atoms with Gasteiger partial charge in [0.25, 0.3) is 0 Å². The van der Waals surface area contributed by atoms with E-state index in [9.17, 15) is 9.18 Å². The van der Waals surface area contributed by atoms with Crippen LogP contribution in [0.25, 0.3) is 0 Å². The second-order valence-corrected chi connectivity index (χ2v) is 6.48. The van der Waals surface area contributed by atoms with Crippen molar-refractivity contribution in [2.24, 2.45) is 5.92 Å². The van der Waals surface area contributed by atoms with E-state index in [1.165, 1.54) is 17.2 Å². The SMILES string of the molecule is COc1ccc2c(c1)CCC1C(C(=O)Nc3ccccc3F)NNC21. The highest BCUT2D eigenvalue weighted by Gasteiger charge is 2.43. The molecule has 2 aromatic rings. The molecule has 0 saturated carbocycles. The summed E-state index contributed by atoms with van der Waals surface area (Å²) in [4.78, 5) is 12.6. The van der Waals surface area contributed by atoms with Crippen molar-refractivity contribution in [2.45, 2.75) is 24.9 Å². The predicted octanol–water partition coefficient (Wildman–Crippen LogP) is 2.55. The molecule has 1 amide bonds. The lowest BCUT2D eigenvalue weighted by molar-refractivity contribution is -0.118. The fourth-order valence-electron chi connectivity index (χ4n) is 3.81. The van der Waals surface area contributed by atoms with E-state index in [1.807, 2.05) is 6.07 Å². The Bertz CT molecular complexity index is 811. The smallest absolute Gasteiger partial charge is 0.243 e. The number of nitrogens with one attached hydrogen (secondary N) is 3. The molecule has 3 N–H and O–H groups in total. The average Bonchev–Trinajstić information content (AvgIpc) is 3.07. The molecule has 0 bridgehead atoms. The third kappa shape index (κ3) is 2.88. The van der Waals surface area contributed by atoms with Crippen molar-refractivity contribution in [3.05, 3.63) is 59.4 Å². The first-order valence-electron chi connectivity index (χ1n) is 8.40. The quantitative estimate of drug-likeness (QED) is 0.803. The van der Waals surface area contributed by atoms with Crippen LogP contribution in [-0.2, 0) is 11.2 Å². The molecule has 1 aliphatic heterocycles. The molecule has 5 nitrogen and oxygen atoms in total. The Hall–Kier alpha value is -2.44. The summed E-state index contributed by atoms with van der Waals surface area (Å²) in [6.07, 6.45) is 1.76. The Morgan fingerprint density at radius 1 is 1.24 bits per heavy atom. The van der Waals surface area contributed by atoms with E-state index in [0.717, 1.165) is 18.6 Å². The number of ether oxygens (including phenoxy) is 1. The summed E-state index contributed by atoms with van der Waals surface area (Å²) in [5.74, 6) is 0.311. The fraction of sp³-hybridized carbons (Fsp3) is 0.316. The van der Waals surface area contributed by atoms with Crippen LogP contribution in [0.2, 0.25) is 0 Å². The van der Waals surface area contributed by atoms with E-state index in [1.54, 1.807) is 25.3 Å². The first-order chi connectivity index (χ1) is 12.2. The van der Waals surface area contributed by atoms with Crippen LogP contribution in [0.3, 0.4) is 0 Å². The molecule has 6 heteroatoms. The summed E-state index contributed by atoms with van der Waals surface area (Å²) >= 11 is 0. The molecule has 4 rings (SSSR count). The number of halogens is 1. The highest BCUT2D eigenvalue weighted by Crippen LogP contribution is 2.40. The lowest BCUT2D eigenvalue weighted by Gasteiger charge is -2.29. The van der Waals surface area contributed by atoms with Crippen molar-refractivity contribution >= 4 is 11.6 Å². The number of methoxy groups -OCH3 is 1. The maximum absolute atomic E-state index is 13.8. The van der Waals surface area contributed by atoms with Crippen LogP contribution in [0.5, 0.6) is 5.75 Å². The minimum Gasteiger partial charge on any atom is -0.497 e. The molecule has 3 atom stereocenters. The second-order valence-electron chi connectivity index (χ2n) is 6.48. The van der Waals surface area contributed by atoms with E-state index in [4.69, 9.17) is 4.74 Å². The molecule has 0 radical (unpaired) electrons. The zero-order valence-electron chi connectivity index (χ0n) is 13.9. The number of amides is 1. The van der Waals surface area contributed by atoms with Crippen molar-refractivity contribution < 1.29 is 13.9 Å². The van der Waals surface area contributed by atoms with Gasteiger partial charge in [-0.25, -0.2) is 15.2 Å². The summed E-state index contributed by atoms with van der Waals surface area (Å²) in [5.41, 5.74) is 8.96. The largest absolute Gasteiger partial charge is 0.497 e. The Morgan fingerprint density at radius 2 is 2.08 bits per heavy atom. The third-order valence-electron chi connectivity index (χ3n) is 5.10. The lowest BCUT2D eigenvalue weighted by Crippen LogP contribution is -2.42. The Labute approximate surface area is 145 Å². The molecule has 1 aliphatic carbocycles. The van der Waals surface area contributed by atoms with Crippen LogP contribution in [0, 0.1) is 11.7 Å². The van der Waals surface area contributed by atoms with Gasteiger partial charge in [-0.3, -0.25) is 4.79 Å². The van der Waals surface area contributed by atoms with Gasteiger partial charge in [0.15, 0.2) is 0 Å². The summed E-state index contributed by atoms with van der Waals surface area (Å²) in [6.45, 7) is 0. The van der Waals surface area contributed by atoms with E-state index in [0.29, 0.717) is 0 Å². The van der Waals surface area contributed by atoms with Crippen molar-refractivity contribution in [3.8, 4) is 5.75 Å². The number of para-hydroxylation sites is 1. The Morgan fingerprint density at radius 3 is 2.88 bits per heavy atom. The maximum Gasteiger partial charge on any atom is 0.243 e. The number of carbonyl (C=O) groups is 1. The minimum absolute atomic E-state index is 0.0611. The van der Waals surface area contributed by atoms with Gasteiger partial charge in [-0.2, -0.15) is 0 Å². The molecular weight excluding hydrogens is 321 g/mol. The second kappa shape index (κ2) is 6.46. The molecule has 3 unspecified atom stereocenters. The first kappa shape index (κ1) is 16.1. The molecule has 25 heavy (non-hydrogen) atoms.